The number of hydrogen-bond acceptors (Lipinski definition) is 3. The number of carbonyl (C=O) groups is 1. The van der Waals surface area contributed by atoms with E-state index in [1.165, 1.54) is 0 Å². The van der Waals surface area contributed by atoms with Crippen molar-refractivity contribution in [1.82, 2.24) is 9.80 Å². The fourth-order valence-corrected chi connectivity index (χ4v) is 1.93. The highest BCUT2D eigenvalue weighted by Crippen LogP contribution is 2.17. The first-order valence-electron chi connectivity index (χ1n) is 5.25. The molecule has 0 aromatic rings. The maximum Gasteiger partial charge on any atom is 0.239 e. The SMILES string of the molecule is CC(CCN)N(C)C1CCN(C)C1=O. The number of carbonyl (C=O) groups excluding carboxylic acids is 1. The Morgan fingerprint density at radius 3 is 2.79 bits per heavy atom. The molecule has 2 unspecified atom stereocenters. The van der Waals surface area contributed by atoms with Crippen molar-refractivity contribution in [3.8, 4) is 0 Å². The number of likely N-dealkylation sites (N-methyl/N-ethyl adjacent to an activating group) is 2. The first kappa shape index (κ1) is 11.5. The lowest BCUT2D eigenvalue weighted by molar-refractivity contribution is -0.131. The van der Waals surface area contributed by atoms with Crippen molar-refractivity contribution < 1.29 is 4.79 Å². The van der Waals surface area contributed by atoms with Crippen molar-refractivity contribution in [2.45, 2.75) is 31.8 Å². The van der Waals surface area contributed by atoms with Crippen molar-refractivity contribution in [3.63, 3.8) is 0 Å². The first-order valence-corrected chi connectivity index (χ1v) is 5.25. The molecule has 1 rings (SSSR count). The standard InChI is InChI=1S/C10H21N3O/c1-8(4-6-11)13(3)9-5-7-12(2)10(9)14/h8-9H,4-7,11H2,1-3H3. The quantitative estimate of drug-likeness (QED) is 0.687. The topological polar surface area (TPSA) is 49.6 Å². The number of nitrogens with zero attached hydrogens (tertiary/aromatic N) is 2. The highest BCUT2D eigenvalue weighted by atomic mass is 16.2. The Morgan fingerprint density at radius 1 is 1.71 bits per heavy atom. The molecule has 0 spiro atoms. The molecule has 0 saturated carbocycles. The van der Waals surface area contributed by atoms with E-state index in [1.807, 2.05) is 14.1 Å². The molecular weight excluding hydrogens is 178 g/mol. The van der Waals surface area contributed by atoms with Crippen LogP contribution < -0.4 is 5.73 Å². The van der Waals surface area contributed by atoms with Crippen LogP contribution in [0.5, 0.6) is 0 Å². The van der Waals surface area contributed by atoms with Gasteiger partial charge in [-0.05, 0) is 33.4 Å². The zero-order valence-electron chi connectivity index (χ0n) is 9.36. The highest BCUT2D eigenvalue weighted by molar-refractivity contribution is 5.83. The number of hydrogen-bond donors (Lipinski definition) is 1. The second-order valence-electron chi connectivity index (χ2n) is 4.16. The van der Waals surface area contributed by atoms with Crippen LogP contribution >= 0.6 is 0 Å². The molecule has 0 aromatic heterocycles. The lowest BCUT2D eigenvalue weighted by Crippen LogP contribution is -2.43. The molecule has 0 aromatic carbocycles. The summed E-state index contributed by atoms with van der Waals surface area (Å²) < 4.78 is 0. The summed E-state index contributed by atoms with van der Waals surface area (Å²) in [5.74, 6) is 0.247. The number of likely N-dealkylation sites (tertiary alicyclic amines) is 1. The molecule has 1 fully saturated rings. The maximum atomic E-state index is 11.7. The van der Waals surface area contributed by atoms with Crippen LogP contribution in [0.1, 0.15) is 19.8 Å². The zero-order chi connectivity index (χ0) is 10.7. The average Bonchev–Trinajstić information content (AvgIpc) is 2.47. The van der Waals surface area contributed by atoms with E-state index in [2.05, 4.69) is 11.8 Å². The molecule has 4 nitrogen and oxygen atoms in total. The molecule has 1 saturated heterocycles. The predicted octanol–water partition coefficient (Wildman–Crippen LogP) is -0.114. The maximum absolute atomic E-state index is 11.7. The molecule has 0 bridgehead atoms. The number of rotatable bonds is 4. The van der Waals surface area contributed by atoms with Crippen LogP contribution in [0.2, 0.25) is 0 Å². The third kappa shape index (κ3) is 2.25. The summed E-state index contributed by atoms with van der Waals surface area (Å²) in [6, 6.07) is 0.460. The van der Waals surface area contributed by atoms with Gasteiger partial charge in [0.05, 0.1) is 6.04 Å². The molecule has 1 aliphatic heterocycles. The van der Waals surface area contributed by atoms with Gasteiger partial charge in [-0.15, -0.1) is 0 Å². The van der Waals surface area contributed by atoms with Crippen LogP contribution in [-0.4, -0.2) is 55.0 Å². The number of nitrogens with two attached hydrogens (primary N) is 1. The molecule has 0 aliphatic carbocycles. The molecule has 1 heterocycles. The number of amides is 1. The molecule has 2 atom stereocenters. The second kappa shape index (κ2) is 4.75. The van der Waals surface area contributed by atoms with E-state index in [1.54, 1.807) is 4.90 Å². The minimum atomic E-state index is 0.0709. The van der Waals surface area contributed by atoms with Crippen molar-refractivity contribution >= 4 is 5.91 Å². The Kier molecular flexibility index (Phi) is 3.89. The van der Waals surface area contributed by atoms with Gasteiger partial charge >= 0.3 is 0 Å². The Morgan fingerprint density at radius 2 is 2.36 bits per heavy atom. The minimum absolute atomic E-state index is 0.0709. The Balaban J connectivity index is 2.52. The highest BCUT2D eigenvalue weighted by Gasteiger charge is 2.33. The largest absolute Gasteiger partial charge is 0.344 e. The van der Waals surface area contributed by atoms with Crippen LogP contribution in [0.15, 0.2) is 0 Å². The summed E-state index contributed by atoms with van der Waals surface area (Å²) in [7, 11) is 3.88. The van der Waals surface area contributed by atoms with E-state index in [9.17, 15) is 4.79 Å². The van der Waals surface area contributed by atoms with Crippen LogP contribution in [-0.2, 0) is 4.79 Å². The van der Waals surface area contributed by atoms with Gasteiger partial charge in [0.1, 0.15) is 0 Å². The second-order valence-corrected chi connectivity index (χ2v) is 4.16. The van der Waals surface area contributed by atoms with Gasteiger partial charge in [-0.3, -0.25) is 9.69 Å². The van der Waals surface area contributed by atoms with Gasteiger partial charge in [0, 0.05) is 19.6 Å². The summed E-state index contributed by atoms with van der Waals surface area (Å²) in [6.07, 6.45) is 1.89. The monoisotopic (exact) mass is 199 g/mol. The average molecular weight is 199 g/mol. The van der Waals surface area contributed by atoms with Gasteiger partial charge in [0.25, 0.3) is 0 Å². The van der Waals surface area contributed by atoms with Crippen molar-refractivity contribution in [2.24, 2.45) is 5.73 Å². The smallest absolute Gasteiger partial charge is 0.239 e. The fourth-order valence-electron chi connectivity index (χ4n) is 1.93. The molecule has 14 heavy (non-hydrogen) atoms. The van der Waals surface area contributed by atoms with Crippen molar-refractivity contribution in [1.29, 1.82) is 0 Å². The van der Waals surface area contributed by atoms with Crippen molar-refractivity contribution in [2.75, 3.05) is 27.2 Å². The van der Waals surface area contributed by atoms with Gasteiger partial charge in [-0.25, -0.2) is 0 Å². The summed E-state index contributed by atoms with van der Waals surface area (Å²) in [4.78, 5) is 15.7. The predicted molar refractivity (Wildman–Crippen MR) is 56.9 cm³/mol. The van der Waals surface area contributed by atoms with E-state index in [-0.39, 0.29) is 11.9 Å². The van der Waals surface area contributed by atoms with Crippen molar-refractivity contribution in [3.05, 3.63) is 0 Å². The van der Waals surface area contributed by atoms with Gasteiger partial charge in [0.2, 0.25) is 5.91 Å². The van der Waals surface area contributed by atoms with E-state index >= 15 is 0 Å². The van der Waals surface area contributed by atoms with E-state index in [4.69, 9.17) is 5.73 Å². The van der Waals surface area contributed by atoms with E-state index in [0.717, 1.165) is 19.4 Å². The molecule has 1 amide bonds. The molecule has 1 aliphatic rings. The summed E-state index contributed by atoms with van der Waals surface area (Å²) in [5, 5.41) is 0. The van der Waals surface area contributed by atoms with E-state index < -0.39 is 0 Å². The first-order chi connectivity index (χ1) is 6.57. The third-order valence-electron chi connectivity index (χ3n) is 3.17. The van der Waals surface area contributed by atoms with Gasteiger partial charge < -0.3 is 10.6 Å². The Hall–Kier alpha value is -0.610. The van der Waals surface area contributed by atoms with Crippen LogP contribution in [0, 0.1) is 0 Å². The molecular formula is C10H21N3O. The normalized spacial score (nSPS) is 24.8. The molecule has 4 heteroatoms. The molecule has 0 radical (unpaired) electrons. The van der Waals surface area contributed by atoms with E-state index in [0.29, 0.717) is 12.6 Å². The molecule has 2 N–H and O–H groups in total. The Labute approximate surface area is 86.0 Å². The van der Waals surface area contributed by atoms with Gasteiger partial charge in [0.15, 0.2) is 0 Å². The summed E-state index contributed by atoms with van der Waals surface area (Å²) in [6.45, 7) is 3.68. The summed E-state index contributed by atoms with van der Waals surface area (Å²) in [5.41, 5.74) is 5.51. The molecule has 82 valence electrons. The van der Waals surface area contributed by atoms with Gasteiger partial charge in [-0.2, -0.15) is 0 Å². The summed E-state index contributed by atoms with van der Waals surface area (Å²) >= 11 is 0. The third-order valence-corrected chi connectivity index (χ3v) is 3.17. The zero-order valence-corrected chi connectivity index (χ0v) is 9.36. The van der Waals surface area contributed by atoms with Gasteiger partial charge in [-0.1, -0.05) is 0 Å². The van der Waals surface area contributed by atoms with Crippen LogP contribution in [0.25, 0.3) is 0 Å². The fraction of sp³-hybridized carbons (Fsp3) is 0.900. The Bertz CT molecular complexity index is 208. The minimum Gasteiger partial charge on any atom is -0.344 e. The lowest BCUT2D eigenvalue weighted by atomic mass is 10.1. The van der Waals surface area contributed by atoms with Crippen LogP contribution in [0.3, 0.4) is 0 Å². The lowest BCUT2D eigenvalue weighted by Gasteiger charge is -2.29. The van der Waals surface area contributed by atoms with Crippen LogP contribution in [0.4, 0.5) is 0 Å².